The van der Waals surface area contributed by atoms with Gasteiger partial charge in [-0.15, -0.1) is 0 Å². The van der Waals surface area contributed by atoms with Crippen molar-refractivity contribution in [1.29, 1.82) is 0 Å². The number of aliphatic hydroxyl groups is 1. The highest BCUT2D eigenvalue weighted by atomic mass is 31.2. The molecule has 0 aliphatic heterocycles. The van der Waals surface area contributed by atoms with Crippen LogP contribution in [0.5, 0.6) is 0 Å². The lowest BCUT2D eigenvalue weighted by Crippen LogP contribution is -2.45. The molecule has 0 aliphatic rings. The van der Waals surface area contributed by atoms with Gasteiger partial charge in [-0.05, 0) is 0 Å². The van der Waals surface area contributed by atoms with Crippen LogP contribution in [0, 0.1) is 0 Å². The Kier molecular flexibility index (Phi) is 9.29. The van der Waals surface area contributed by atoms with Crippen LogP contribution < -0.4 is 0 Å². The third kappa shape index (κ3) is 15.3. The third-order valence-corrected chi connectivity index (χ3v) is 5.34. The van der Waals surface area contributed by atoms with Gasteiger partial charge in [0.2, 0.25) is 0 Å². The van der Waals surface area contributed by atoms with Crippen molar-refractivity contribution in [3.8, 4) is 0 Å². The Morgan fingerprint density at radius 1 is 0.600 bits per heavy atom. The molecule has 9 N–H and O–H groups in total. The highest BCUT2D eigenvalue weighted by molar-refractivity contribution is 7.53. The average molecular weight is 452 g/mol. The maximum absolute atomic E-state index is 11.0. The fraction of sp³-hybridized carbons (Fsp3) is 1.00. The van der Waals surface area contributed by atoms with Crippen LogP contribution in [0.3, 0.4) is 0 Å². The first-order valence-corrected chi connectivity index (χ1v) is 13.3. The fourth-order valence-electron chi connectivity index (χ4n) is 1.73. The van der Waals surface area contributed by atoms with Gasteiger partial charge in [0, 0.05) is 6.54 Å². The minimum atomic E-state index is -4.89. The third-order valence-electron chi connectivity index (χ3n) is 2.34. The summed E-state index contributed by atoms with van der Waals surface area (Å²) in [5, 5.41) is 9.89. The minimum absolute atomic E-state index is 0.244. The number of nitrogens with zero attached hydrogens (tertiary/aromatic N) is 2. The standard InChI is InChI=1S/C6H20N2O13P4/c9-6(8(4-24(16,17)18)5-25(19,20)21)1-7(2-22(10,11)12)3-23(13,14)15/h6,9H,1-5H2,(H2,10,11,12)(H2,13,14,15)(H2,16,17,18)(H2,19,20,21). The number of aliphatic hydroxyl groups excluding tert-OH is 1. The van der Waals surface area contributed by atoms with Crippen LogP contribution in [0.15, 0.2) is 0 Å². The molecule has 0 aromatic carbocycles. The lowest BCUT2D eigenvalue weighted by atomic mass is 10.5. The van der Waals surface area contributed by atoms with Gasteiger partial charge in [0.1, 0.15) is 31.4 Å². The minimum Gasteiger partial charge on any atom is -0.377 e. The molecule has 152 valence electrons. The van der Waals surface area contributed by atoms with E-state index in [1.54, 1.807) is 0 Å². The van der Waals surface area contributed by atoms with Gasteiger partial charge in [0.25, 0.3) is 0 Å². The van der Waals surface area contributed by atoms with Gasteiger partial charge >= 0.3 is 30.4 Å². The van der Waals surface area contributed by atoms with Crippen LogP contribution >= 0.6 is 30.4 Å². The Bertz CT molecular complexity index is 568. The van der Waals surface area contributed by atoms with Gasteiger partial charge in [-0.25, -0.2) is 0 Å². The van der Waals surface area contributed by atoms with Crippen molar-refractivity contribution < 1.29 is 62.5 Å². The van der Waals surface area contributed by atoms with Crippen LogP contribution in [0.2, 0.25) is 0 Å². The molecule has 0 aromatic rings. The van der Waals surface area contributed by atoms with Gasteiger partial charge in [0.15, 0.2) is 0 Å². The van der Waals surface area contributed by atoms with Crippen molar-refractivity contribution in [2.24, 2.45) is 0 Å². The summed E-state index contributed by atoms with van der Waals surface area (Å²) in [5.41, 5.74) is 0. The Morgan fingerprint density at radius 3 is 1.12 bits per heavy atom. The number of hydrogen-bond donors (Lipinski definition) is 9. The molecule has 0 fully saturated rings. The van der Waals surface area contributed by atoms with Crippen molar-refractivity contribution in [3.05, 3.63) is 0 Å². The van der Waals surface area contributed by atoms with Crippen molar-refractivity contribution in [2.75, 3.05) is 31.7 Å². The summed E-state index contributed by atoms with van der Waals surface area (Å²) in [7, 11) is -19.4. The zero-order valence-corrected chi connectivity index (χ0v) is 16.0. The Morgan fingerprint density at radius 2 is 0.880 bits per heavy atom. The highest BCUT2D eigenvalue weighted by Gasteiger charge is 2.33. The van der Waals surface area contributed by atoms with Crippen LogP contribution in [0.1, 0.15) is 0 Å². The molecule has 0 saturated heterocycles. The largest absolute Gasteiger partial charge is 0.377 e. The summed E-state index contributed by atoms with van der Waals surface area (Å²) in [4.78, 5) is 71.7. The molecule has 0 radical (unpaired) electrons. The molecule has 0 bridgehead atoms. The molecule has 0 amide bonds. The van der Waals surface area contributed by atoms with E-state index in [1.165, 1.54) is 0 Å². The van der Waals surface area contributed by atoms with E-state index in [4.69, 9.17) is 39.1 Å². The first-order valence-electron chi connectivity index (χ1n) is 6.10. The van der Waals surface area contributed by atoms with Gasteiger partial charge in [-0.1, -0.05) is 0 Å². The average Bonchev–Trinajstić information content (AvgIpc) is 2.18. The summed E-state index contributed by atoms with van der Waals surface area (Å²) in [6, 6.07) is 0. The maximum Gasteiger partial charge on any atom is 0.339 e. The van der Waals surface area contributed by atoms with E-state index in [1.807, 2.05) is 0 Å². The fourth-order valence-corrected chi connectivity index (χ4v) is 5.05. The Hall–Kier alpha value is 0.480. The predicted octanol–water partition coefficient (Wildman–Crippen LogP) is -2.55. The van der Waals surface area contributed by atoms with Gasteiger partial charge in [0.05, 0.1) is 0 Å². The lowest BCUT2D eigenvalue weighted by molar-refractivity contribution is -0.000998. The highest BCUT2D eigenvalue weighted by Crippen LogP contribution is 2.43. The molecule has 15 nitrogen and oxygen atoms in total. The molecular formula is C6H20N2O13P4. The molecule has 0 rings (SSSR count). The van der Waals surface area contributed by atoms with E-state index < -0.39 is 68.3 Å². The number of hydrogen-bond acceptors (Lipinski definition) is 7. The molecule has 0 heterocycles. The first kappa shape index (κ1) is 25.5. The summed E-state index contributed by atoms with van der Waals surface area (Å²) < 4.78 is 44.0. The molecule has 1 atom stereocenters. The van der Waals surface area contributed by atoms with Crippen molar-refractivity contribution in [1.82, 2.24) is 9.80 Å². The smallest absolute Gasteiger partial charge is 0.339 e. The van der Waals surface area contributed by atoms with E-state index in [0.29, 0.717) is 4.90 Å². The second-order valence-corrected chi connectivity index (χ2v) is 11.6. The molecule has 0 aromatic heterocycles. The van der Waals surface area contributed by atoms with E-state index in [0.717, 1.165) is 0 Å². The van der Waals surface area contributed by atoms with Gasteiger partial charge < -0.3 is 44.3 Å². The molecule has 19 heteroatoms. The van der Waals surface area contributed by atoms with E-state index >= 15 is 0 Å². The Balaban J connectivity index is 5.37. The zero-order valence-electron chi connectivity index (χ0n) is 12.5. The maximum atomic E-state index is 11.0. The lowest BCUT2D eigenvalue weighted by Gasteiger charge is -2.32. The van der Waals surface area contributed by atoms with E-state index in [2.05, 4.69) is 0 Å². The predicted molar refractivity (Wildman–Crippen MR) is 82.2 cm³/mol. The molecule has 0 saturated carbocycles. The molecular weight excluding hydrogens is 432 g/mol. The molecule has 0 spiro atoms. The second kappa shape index (κ2) is 9.11. The number of rotatable bonds is 11. The van der Waals surface area contributed by atoms with Crippen LogP contribution in [-0.4, -0.2) is 92.0 Å². The Labute approximate surface area is 141 Å². The van der Waals surface area contributed by atoms with Gasteiger partial charge in [-0.2, -0.15) is 0 Å². The topological polar surface area (TPSA) is 257 Å². The molecule has 0 aliphatic carbocycles. The van der Waals surface area contributed by atoms with E-state index in [9.17, 15) is 23.4 Å². The zero-order chi connectivity index (χ0) is 20.3. The monoisotopic (exact) mass is 452 g/mol. The van der Waals surface area contributed by atoms with Crippen molar-refractivity contribution >= 4 is 30.4 Å². The summed E-state index contributed by atoms with van der Waals surface area (Å²) in [6.45, 7) is -0.962. The summed E-state index contributed by atoms with van der Waals surface area (Å²) in [6.07, 6.45) is -7.14. The van der Waals surface area contributed by atoms with Crippen LogP contribution in [0.4, 0.5) is 0 Å². The second-order valence-electron chi connectivity index (χ2n) is 5.15. The molecule has 25 heavy (non-hydrogen) atoms. The summed E-state index contributed by atoms with van der Waals surface area (Å²) >= 11 is 0. The van der Waals surface area contributed by atoms with Crippen LogP contribution in [-0.2, 0) is 18.3 Å². The van der Waals surface area contributed by atoms with Gasteiger partial charge in [-0.3, -0.25) is 28.1 Å². The summed E-state index contributed by atoms with van der Waals surface area (Å²) in [5.74, 6) is 0. The van der Waals surface area contributed by atoms with Crippen LogP contribution in [0.25, 0.3) is 0 Å². The van der Waals surface area contributed by atoms with E-state index in [-0.39, 0.29) is 4.90 Å². The quantitative estimate of drug-likeness (QED) is 0.115. The SMILES string of the molecule is O=P(O)(O)CN(CC(O)N(CP(=O)(O)O)CP(=O)(O)O)CP(=O)(O)O. The first-order chi connectivity index (χ1) is 10.8. The molecule has 1 unspecified atom stereocenters. The van der Waals surface area contributed by atoms with Crippen molar-refractivity contribution in [3.63, 3.8) is 0 Å². The normalized spacial score (nSPS) is 15.8. The van der Waals surface area contributed by atoms with Crippen molar-refractivity contribution in [2.45, 2.75) is 6.23 Å².